The number of rotatable bonds is 2. The third-order valence-corrected chi connectivity index (χ3v) is 0.680. The van der Waals surface area contributed by atoms with Crippen molar-refractivity contribution in [3.8, 4) is 0 Å². The van der Waals surface area contributed by atoms with E-state index in [9.17, 15) is 0 Å². The van der Waals surface area contributed by atoms with Gasteiger partial charge in [0.15, 0.2) is 0 Å². The van der Waals surface area contributed by atoms with Crippen molar-refractivity contribution in [2.45, 2.75) is 12.1 Å². The molecule has 0 aromatic rings. The predicted molar refractivity (Wildman–Crippen MR) is 25.6 cm³/mol. The van der Waals surface area contributed by atoms with Crippen molar-refractivity contribution in [1.29, 1.82) is 0 Å². The molecule has 0 fully saturated rings. The van der Waals surface area contributed by atoms with Gasteiger partial charge in [-0.25, -0.2) is 0 Å². The Labute approximate surface area is 46.3 Å². The monoisotopic (exact) mass is 120 g/mol. The molecule has 0 aliphatic rings. The standard InChI is InChI=1S/C4H8O4/c1-2-4(7,8)3(5)6/h2-3,5-8H,1H2. The van der Waals surface area contributed by atoms with Crippen molar-refractivity contribution in [1.82, 2.24) is 0 Å². The maximum absolute atomic E-state index is 8.34. The van der Waals surface area contributed by atoms with Crippen LogP contribution in [0.15, 0.2) is 12.7 Å². The quantitative estimate of drug-likeness (QED) is 0.255. The zero-order chi connectivity index (χ0) is 6.78. The molecular weight excluding hydrogens is 112 g/mol. The summed E-state index contributed by atoms with van der Waals surface area (Å²) in [7, 11) is 0. The van der Waals surface area contributed by atoms with Crippen molar-refractivity contribution in [3.05, 3.63) is 12.7 Å². The smallest absolute Gasteiger partial charge is 0.235 e. The molecule has 0 aliphatic carbocycles. The summed E-state index contributed by atoms with van der Waals surface area (Å²) in [5.74, 6) is -2.58. The first-order chi connectivity index (χ1) is 3.50. The molecule has 0 heterocycles. The molecule has 0 rings (SSSR count). The zero-order valence-electron chi connectivity index (χ0n) is 4.15. The van der Waals surface area contributed by atoms with Crippen LogP contribution in [0.1, 0.15) is 0 Å². The van der Waals surface area contributed by atoms with Crippen LogP contribution in [-0.4, -0.2) is 32.5 Å². The first-order valence-corrected chi connectivity index (χ1v) is 1.95. The Morgan fingerprint density at radius 3 is 1.75 bits per heavy atom. The number of aliphatic hydroxyl groups excluding tert-OH is 1. The van der Waals surface area contributed by atoms with Crippen LogP contribution in [0.4, 0.5) is 0 Å². The van der Waals surface area contributed by atoms with Gasteiger partial charge in [-0.15, -0.1) is 0 Å². The van der Waals surface area contributed by atoms with Crippen LogP contribution in [0.25, 0.3) is 0 Å². The fourth-order valence-corrected chi connectivity index (χ4v) is 0.105. The Hall–Kier alpha value is -0.420. The maximum Gasteiger partial charge on any atom is 0.235 e. The fraction of sp³-hybridized carbons (Fsp3) is 0.500. The third-order valence-electron chi connectivity index (χ3n) is 0.680. The van der Waals surface area contributed by atoms with Crippen LogP contribution in [0, 0.1) is 0 Å². The molecule has 4 heteroatoms. The minimum Gasteiger partial charge on any atom is -0.364 e. The van der Waals surface area contributed by atoms with Crippen LogP contribution < -0.4 is 0 Å². The molecule has 48 valence electrons. The largest absolute Gasteiger partial charge is 0.364 e. The first-order valence-electron chi connectivity index (χ1n) is 1.95. The van der Waals surface area contributed by atoms with Crippen LogP contribution in [0.5, 0.6) is 0 Å². The molecule has 0 amide bonds. The lowest BCUT2D eigenvalue weighted by Gasteiger charge is -2.17. The maximum atomic E-state index is 8.34. The Balaban J connectivity index is 3.90. The van der Waals surface area contributed by atoms with Gasteiger partial charge in [0.1, 0.15) is 0 Å². The van der Waals surface area contributed by atoms with E-state index < -0.39 is 12.1 Å². The van der Waals surface area contributed by atoms with Gasteiger partial charge < -0.3 is 20.4 Å². The Kier molecular flexibility index (Phi) is 2.12. The van der Waals surface area contributed by atoms with Crippen molar-refractivity contribution in [3.63, 3.8) is 0 Å². The van der Waals surface area contributed by atoms with Crippen LogP contribution in [-0.2, 0) is 0 Å². The van der Waals surface area contributed by atoms with E-state index in [1.54, 1.807) is 0 Å². The highest BCUT2D eigenvalue weighted by atomic mass is 16.6. The number of hydrogen-bond donors (Lipinski definition) is 4. The average Bonchev–Trinajstić information content (AvgIpc) is 1.67. The van der Waals surface area contributed by atoms with E-state index in [-0.39, 0.29) is 0 Å². The van der Waals surface area contributed by atoms with Crippen LogP contribution in [0.3, 0.4) is 0 Å². The summed E-state index contributed by atoms with van der Waals surface area (Å²) in [6.07, 6.45) is -1.57. The molecule has 0 saturated carbocycles. The molecule has 0 saturated heterocycles. The molecular formula is C4H8O4. The second-order valence-electron chi connectivity index (χ2n) is 1.36. The molecule has 0 atom stereocenters. The highest BCUT2D eigenvalue weighted by Crippen LogP contribution is 2.02. The molecule has 0 bridgehead atoms. The topological polar surface area (TPSA) is 80.9 Å². The SMILES string of the molecule is C=CC(O)(O)C(O)O. The van der Waals surface area contributed by atoms with E-state index >= 15 is 0 Å². The number of hydrogen-bond acceptors (Lipinski definition) is 4. The second kappa shape index (κ2) is 2.23. The lowest BCUT2D eigenvalue weighted by Crippen LogP contribution is -2.39. The van der Waals surface area contributed by atoms with E-state index in [1.165, 1.54) is 0 Å². The van der Waals surface area contributed by atoms with Gasteiger partial charge >= 0.3 is 0 Å². The molecule has 8 heavy (non-hydrogen) atoms. The minimum atomic E-state index is -2.58. The zero-order valence-corrected chi connectivity index (χ0v) is 4.15. The normalized spacial score (nSPS) is 12.1. The molecule has 0 radical (unpaired) electrons. The van der Waals surface area contributed by atoms with E-state index in [0.29, 0.717) is 6.08 Å². The highest BCUT2D eigenvalue weighted by molar-refractivity contribution is 4.86. The van der Waals surface area contributed by atoms with Gasteiger partial charge in [0.05, 0.1) is 0 Å². The Morgan fingerprint density at radius 1 is 1.38 bits per heavy atom. The van der Waals surface area contributed by atoms with E-state index in [2.05, 4.69) is 6.58 Å². The van der Waals surface area contributed by atoms with Gasteiger partial charge in [-0.1, -0.05) is 6.58 Å². The van der Waals surface area contributed by atoms with E-state index in [0.717, 1.165) is 0 Å². The van der Waals surface area contributed by atoms with Crippen molar-refractivity contribution in [2.75, 3.05) is 0 Å². The summed E-state index contributed by atoms with van der Waals surface area (Å²) in [4.78, 5) is 0. The van der Waals surface area contributed by atoms with Gasteiger partial charge in [-0.3, -0.25) is 0 Å². The predicted octanol–water partition coefficient (Wildman–Crippen LogP) is -1.84. The fourth-order valence-electron chi connectivity index (χ4n) is 0.105. The molecule has 0 spiro atoms. The van der Waals surface area contributed by atoms with Crippen LogP contribution in [0.2, 0.25) is 0 Å². The number of aliphatic hydroxyl groups is 4. The lowest BCUT2D eigenvalue weighted by atomic mass is 10.3. The molecule has 0 unspecified atom stereocenters. The molecule has 0 aromatic carbocycles. The lowest BCUT2D eigenvalue weighted by molar-refractivity contribution is -0.260. The molecule has 4 N–H and O–H groups in total. The van der Waals surface area contributed by atoms with Crippen LogP contribution >= 0.6 is 0 Å². The summed E-state index contributed by atoms with van der Waals surface area (Å²) in [5.41, 5.74) is 0. The molecule has 4 nitrogen and oxygen atoms in total. The van der Waals surface area contributed by atoms with Gasteiger partial charge in [0.2, 0.25) is 12.1 Å². The van der Waals surface area contributed by atoms with Crippen molar-refractivity contribution in [2.24, 2.45) is 0 Å². The summed E-state index contributed by atoms with van der Waals surface area (Å²) in [6.45, 7) is 2.93. The van der Waals surface area contributed by atoms with Crippen molar-refractivity contribution >= 4 is 0 Å². The molecule has 0 aliphatic heterocycles. The summed E-state index contributed by atoms with van der Waals surface area (Å²) in [6, 6.07) is 0. The molecule has 0 aromatic heterocycles. The third kappa shape index (κ3) is 1.59. The first kappa shape index (κ1) is 7.58. The Morgan fingerprint density at radius 2 is 1.75 bits per heavy atom. The van der Waals surface area contributed by atoms with Crippen molar-refractivity contribution < 1.29 is 20.4 Å². The summed E-state index contributed by atoms with van der Waals surface area (Å²) < 4.78 is 0. The van der Waals surface area contributed by atoms with Gasteiger partial charge in [0, 0.05) is 0 Å². The average molecular weight is 120 g/mol. The van der Waals surface area contributed by atoms with E-state index in [4.69, 9.17) is 20.4 Å². The Bertz CT molecular complexity index is 86.0. The summed E-state index contributed by atoms with van der Waals surface area (Å²) in [5, 5.41) is 32.8. The minimum absolute atomic E-state index is 0.623. The highest BCUT2D eigenvalue weighted by Gasteiger charge is 2.26. The van der Waals surface area contributed by atoms with E-state index in [1.807, 2.05) is 0 Å². The van der Waals surface area contributed by atoms with Gasteiger partial charge in [0.25, 0.3) is 0 Å². The second-order valence-corrected chi connectivity index (χ2v) is 1.36. The summed E-state index contributed by atoms with van der Waals surface area (Å²) >= 11 is 0. The van der Waals surface area contributed by atoms with Gasteiger partial charge in [-0.05, 0) is 6.08 Å². The van der Waals surface area contributed by atoms with Gasteiger partial charge in [-0.2, -0.15) is 0 Å².